The molecule has 0 bridgehead atoms. The normalized spacial score (nSPS) is 21.3. The van der Waals surface area contributed by atoms with E-state index in [0.29, 0.717) is 5.92 Å². The van der Waals surface area contributed by atoms with E-state index in [2.05, 4.69) is 35.0 Å². The van der Waals surface area contributed by atoms with E-state index in [-0.39, 0.29) is 0 Å². The van der Waals surface area contributed by atoms with E-state index in [9.17, 15) is 5.11 Å². The van der Waals surface area contributed by atoms with Crippen LogP contribution in [0.1, 0.15) is 57.4 Å². The fourth-order valence-electron chi connectivity index (χ4n) is 3.24. The molecule has 0 radical (unpaired) electrons. The van der Waals surface area contributed by atoms with Gasteiger partial charge in [0.2, 0.25) is 0 Å². The average molecular weight is 311 g/mol. The van der Waals surface area contributed by atoms with Gasteiger partial charge in [-0.2, -0.15) is 0 Å². The van der Waals surface area contributed by atoms with E-state index in [1.165, 1.54) is 25.7 Å². The summed E-state index contributed by atoms with van der Waals surface area (Å²) in [6.45, 7) is 2.10. The molecule has 2 rings (SSSR count). The van der Waals surface area contributed by atoms with Crippen molar-refractivity contribution >= 4 is 15.9 Å². The summed E-state index contributed by atoms with van der Waals surface area (Å²) in [6.07, 6.45) is 8.31. The predicted octanol–water partition coefficient (Wildman–Crippen LogP) is 5.02. The molecule has 1 aromatic carbocycles. The number of hydrogen-bond donors (Lipinski definition) is 1. The van der Waals surface area contributed by atoms with Crippen LogP contribution in [0.4, 0.5) is 0 Å². The van der Waals surface area contributed by atoms with Gasteiger partial charge in [-0.05, 0) is 42.9 Å². The molecule has 0 amide bonds. The first kappa shape index (κ1) is 14.1. The molecule has 1 nitrogen and oxygen atoms in total. The Kier molecular flexibility index (Phi) is 4.85. The van der Waals surface area contributed by atoms with Crippen molar-refractivity contribution in [2.24, 2.45) is 5.92 Å². The second-order valence-corrected chi connectivity index (χ2v) is 6.39. The van der Waals surface area contributed by atoms with Crippen molar-refractivity contribution < 1.29 is 5.11 Å². The standard InChI is InChI=1S/C16H23BrO/c1-2-16(18,13-8-5-3-4-6-9-13)14-10-7-11-15(17)12-14/h7,10-13,18H,2-6,8-9H2,1H3. The third-order valence-electron chi connectivity index (χ3n) is 4.39. The summed E-state index contributed by atoms with van der Waals surface area (Å²) in [7, 11) is 0. The van der Waals surface area contributed by atoms with Gasteiger partial charge < -0.3 is 5.11 Å². The Hall–Kier alpha value is -0.340. The number of halogens is 1. The first-order valence-electron chi connectivity index (χ1n) is 7.15. The number of aliphatic hydroxyl groups is 1. The Morgan fingerprint density at radius 3 is 2.44 bits per heavy atom. The van der Waals surface area contributed by atoms with Gasteiger partial charge >= 0.3 is 0 Å². The maximum atomic E-state index is 11.1. The smallest absolute Gasteiger partial charge is 0.0922 e. The fraction of sp³-hybridized carbons (Fsp3) is 0.625. The van der Waals surface area contributed by atoms with Crippen LogP contribution in [0.5, 0.6) is 0 Å². The van der Waals surface area contributed by atoms with Crippen LogP contribution in [-0.4, -0.2) is 5.11 Å². The maximum absolute atomic E-state index is 11.1. The van der Waals surface area contributed by atoms with Crippen LogP contribution < -0.4 is 0 Å². The van der Waals surface area contributed by atoms with Crippen LogP contribution in [0.3, 0.4) is 0 Å². The summed E-state index contributed by atoms with van der Waals surface area (Å²) < 4.78 is 1.06. The quantitative estimate of drug-likeness (QED) is 0.777. The first-order valence-corrected chi connectivity index (χ1v) is 7.94. The van der Waals surface area contributed by atoms with Gasteiger partial charge in [0, 0.05) is 4.47 Å². The van der Waals surface area contributed by atoms with Crippen molar-refractivity contribution in [3.05, 3.63) is 34.3 Å². The van der Waals surface area contributed by atoms with Crippen molar-refractivity contribution in [1.82, 2.24) is 0 Å². The second-order valence-electron chi connectivity index (χ2n) is 5.48. The number of rotatable bonds is 3. The van der Waals surface area contributed by atoms with Crippen LogP contribution >= 0.6 is 15.9 Å². The minimum Gasteiger partial charge on any atom is -0.385 e. The Bertz CT molecular complexity index is 382. The minimum atomic E-state index is -0.645. The van der Waals surface area contributed by atoms with E-state index >= 15 is 0 Å². The molecule has 1 N–H and O–H groups in total. The Morgan fingerprint density at radius 1 is 1.22 bits per heavy atom. The van der Waals surface area contributed by atoms with E-state index < -0.39 is 5.60 Å². The van der Waals surface area contributed by atoms with Crippen molar-refractivity contribution in [1.29, 1.82) is 0 Å². The minimum absolute atomic E-state index is 0.416. The van der Waals surface area contributed by atoms with Gasteiger partial charge in [-0.25, -0.2) is 0 Å². The highest BCUT2D eigenvalue weighted by molar-refractivity contribution is 9.10. The average Bonchev–Trinajstić information content (AvgIpc) is 2.67. The molecular weight excluding hydrogens is 288 g/mol. The van der Waals surface area contributed by atoms with Gasteiger partial charge in [0.1, 0.15) is 0 Å². The zero-order valence-corrected chi connectivity index (χ0v) is 12.7. The highest BCUT2D eigenvalue weighted by Crippen LogP contribution is 2.41. The van der Waals surface area contributed by atoms with Gasteiger partial charge in [-0.3, -0.25) is 0 Å². The van der Waals surface area contributed by atoms with E-state index in [1.54, 1.807) is 0 Å². The summed E-state index contributed by atoms with van der Waals surface area (Å²) in [5.74, 6) is 0.416. The third kappa shape index (κ3) is 2.97. The summed E-state index contributed by atoms with van der Waals surface area (Å²) >= 11 is 3.51. The molecule has 0 aromatic heterocycles. The largest absolute Gasteiger partial charge is 0.385 e. The molecule has 100 valence electrons. The van der Waals surface area contributed by atoms with Crippen LogP contribution in [-0.2, 0) is 5.60 Å². The van der Waals surface area contributed by atoms with Crippen molar-refractivity contribution in [2.75, 3.05) is 0 Å². The molecule has 1 atom stereocenters. The maximum Gasteiger partial charge on any atom is 0.0922 e. The van der Waals surface area contributed by atoms with E-state index in [1.807, 2.05) is 12.1 Å². The molecular formula is C16H23BrO. The molecule has 1 aliphatic carbocycles. The fourth-order valence-corrected chi connectivity index (χ4v) is 3.64. The van der Waals surface area contributed by atoms with Gasteiger partial charge in [0.15, 0.2) is 0 Å². The number of hydrogen-bond acceptors (Lipinski definition) is 1. The van der Waals surface area contributed by atoms with Crippen LogP contribution in [0, 0.1) is 5.92 Å². The summed E-state index contributed by atoms with van der Waals surface area (Å²) in [6, 6.07) is 8.19. The molecule has 1 unspecified atom stereocenters. The lowest BCUT2D eigenvalue weighted by Gasteiger charge is -2.36. The highest BCUT2D eigenvalue weighted by Gasteiger charge is 2.36. The SMILES string of the molecule is CCC(O)(c1cccc(Br)c1)C1CCCCCC1. The molecule has 18 heavy (non-hydrogen) atoms. The van der Waals surface area contributed by atoms with E-state index in [4.69, 9.17) is 0 Å². The van der Waals surface area contributed by atoms with E-state index in [0.717, 1.165) is 29.3 Å². The summed E-state index contributed by atoms with van der Waals surface area (Å²) in [4.78, 5) is 0. The van der Waals surface area contributed by atoms with Crippen molar-refractivity contribution in [3.8, 4) is 0 Å². The van der Waals surface area contributed by atoms with Gasteiger partial charge in [-0.1, -0.05) is 60.7 Å². The second kappa shape index (κ2) is 6.21. The third-order valence-corrected chi connectivity index (χ3v) is 4.89. The molecule has 1 fully saturated rings. The Balaban J connectivity index is 2.28. The Labute approximate surface area is 119 Å². The molecule has 0 spiro atoms. The van der Waals surface area contributed by atoms with Gasteiger partial charge in [0.05, 0.1) is 5.60 Å². The molecule has 0 aliphatic heterocycles. The molecule has 0 heterocycles. The monoisotopic (exact) mass is 310 g/mol. The topological polar surface area (TPSA) is 20.2 Å². The van der Waals surface area contributed by atoms with Crippen molar-refractivity contribution in [2.45, 2.75) is 57.5 Å². The number of benzene rings is 1. The van der Waals surface area contributed by atoms with Crippen molar-refractivity contribution in [3.63, 3.8) is 0 Å². The molecule has 1 aromatic rings. The predicted molar refractivity (Wildman–Crippen MR) is 79.5 cm³/mol. The summed E-state index contributed by atoms with van der Waals surface area (Å²) in [5.41, 5.74) is 0.431. The molecule has 1 saturated carbocycles. The zero-order chi connectivity index (χ0) is 13.0. The van der Waals surface area contributed by atoms with Crippen LogP contribution in [0.2, 0.25) is 0 Å². The van der Waals surface area contributed by atoms with Gasteiger partial charge in [-0.15, -0.1) is 0 Å². The molecule has 0 saturated heterocycles. The van der Waals surface area contributed by atoms with Crippen LogP contribution in [0.15, 0.2) is 28.7 Å². The Morgan fingerprint density at radius 2 is 1.89 bits per heavy atom. The molecule has 2 heteroatoms. The van der Waals surface area contributed by atoms with Crippen LogP contribution in [0.25, 0.3) is 0 Å². The lowest BCUT2D eigenvalue weighted by molar-refractivity contribution is -0.0342. The lowest BCUT2D eigenvalue weighted by Crippen LogP contribution is -2.34. The highest BCUT2D eigenvalue weighted by atomic mass is 79.9. The lowest BCUT2D eigenvalue weighted by atomic mass is 9.75. The summed E-state index contributed by atoms with van der Waals surface area (Å²) in [5, 5.41) is 11.1. The first-order chi connectivity index (χ1) is 8.66. The molecule has 1 aliphatic rings. The van der Waals surface area contributed by atoms with Gasteiger partial charge in [0.25, 0.3) is 0 Å². The zero-order valence-electron chi connectivity index (χ0n) is 11.2.